The van der Waals surface area contributed by atoms with Crippen molar-refractivity contribution < 1.29 is 19.5 Å². The summed E-state index contributed by atoms with van der Waals surface area (Å²) in [6, 6.07) is 12.3. The van der Waals surface area contributed by atoms with Gasteiger partial charge >= 0.3 is 0 Å². The summed E-state index contributed by atoms with van der Waals surface area (Å²) in [6.45, 7) is 5.89. The largest absolute Gasteiger partial charge is 0.394 e. The highest BCUT2D eigenvalue weighted by Gasteiger charge is 2.58. The van der Waals surface area contributed by atoms with Crippen LogP contribution in [0.4, 0.5) is 5.69 Å². The summed E-state index contributed by atoms with van der Waals surface area (Å²) in [5, 5.41) is 18.2. The number of rotatable bonds is 9. The number of carbonyl (C=O) groups excluding carboxylic acids is 3. The minimum atomic E-state index is -0.814. The van der Waals surface area contributed by atoms with Crippen LogP contribution < -0.4 is 10.6 Å². The number of carbonyl (C=O) groups is 3. The Morgan fingerprint density at radius 1 is 1.05 bits per heavy atom. The van der Waals surface area contributed by atoms with E-state index in [1.807, 2.05) is 68.5 Å². The van der Waals surface area contributed by atoms with Gasteiger partial charge in [-0.25, -0.2) is 0 Å². The molecular formula is C30H39N3O4. The highest BCUT2D eigenvalue weighted by molar-refractivity contribution is 6.03. The van der Waals surface area contributed by atoms with E-state index < -0.39 is 29.8 Å². The molecule has 1 aliphatic heterocycles. The molecule has 3 N–H and O–H groups in total. The maximum atomic E-state index is 14.1. The number of anilines is 1. The standard InChI is InChI=1S/C30H39N3O4/c1-5-8-20-12-14-24-26(25(20)28(35)31-4)30(37)33(23(17-34)15-18(2)3)27(24)29(36)32-22-13-11-19-9-6-7-10-21(19)16-22/h6-7,9-14,16,18,20,23-27,34H,5,8,15,17H2,1-4H3,(H,31,35)(H,32,36)/t20-,23-,24+,25-,26-,27+/m1/s1. The van der Waals surface area contributed by atoms with E-state index in [-0.39, 0.29) is 36.2 Å². The van der Waals surface area contributed by atoms with Gasteiger partial charge in [-0.2, -0.15) is 0 Å². The van der Waals surface area contributed by atoms with Gasteiger partial charge in [0.1, 0.15) is 6.04 Å². The van der Waals surface area contributed by atoms with Gasteiger partial charge in [0.25, 0.3) is 0 Å². The average molecular weight is 506 g/mol. The smallest absolute Gasteiger partial charge is 0.247 e. The first-order chi connectivity index (χ1) is 17.8. The molecule has 37 heavy (non-hydrogen) atoms. The van der Waals surface area contributed by atoms with Crippen LogP contribution in [-0.4, -0.2) is 53.5 Å². The van der Waals surface area contributed by atoms with Crippen molar-refractivity contribution in [2.45, 2.75) is 52.1 Å². The zero-order chi connectivity index (χ0) is 26.7. The second kappa shape index (κ2) is 11.5. The van der Waals surface area contributed by atoms with Gasteiger partial charge in [0, 0.05) is 18.7 Å². The van der Waals surface area contributed by atoms with Crippen LogP contribution in [0.15, 0.2) is 54.6 Å². The Morgan fingerprint density at radius 2 is 1.78 bits per heavy atom. The minimum absolute atomic E-state index is 0.0722. The number of nitrogens with one attached hydrogen (secondary N) is 2. The van der Waals surface area contributed by atoms with Crippen molar-refractivity contribution >= 4 is 34.2 Å². The van der Waals surface area contributed by atoms with Gasteiger partial charge in [-0.15, -0.1) is 0 Å². The summed E-state index contributed by atoms with van der Waals surface area (Å²) in [7, 11) is 1.59. The molecule has 0 radical (unpaired) electrons. The summed E-state index contributed by atoms with van der Waals surface area (Å²) in [6.07, 6.45) is 6.23. The number of hydrogen-bond acceptors (Lipinski definition) is 4. The number of nitrogens with zero attached hydrogens (tertiary/aromatic N) is 1. The zero-order valence-corrected chi connectivity index (χ0v) is 22.2. The van der Waals surface area contributed by atoms with E-state index in [0.29, 0.717) is 12.1 Å². The van der Waals surface area contributed by atoms with Crippen LogP contribution in [-0.2, 0) is 14.4 Å². The maximum Gasteiger partial charge on any atom is 0.247 e. The molecule has 1 aliphatic carbocycles. The molecule has 0 spiro atoms. The number of aliphatic hydroxyl groups excluding tert-OH is 1. The Bertz CT molecular complexity index is 1180. The number of fused-ring (bicyclic) bond motifs is 2. The monoisotopic (exact) mass is 505 g/mol. The molecule has 198 valence electrons. The Labute approximate surface area is 219 Å². The first-order valence-electron chi connectivity index (χ1n) is 13.4. The van der Waals surface area contributed by atoms with Crippen molar-refractivity contribution in [3.8, 4) is 0 Å². The highest BCUT2D eigenvalue weighted by Crippen LogP contribution is 2.46. The quantitative estimate of drug-likeness (QED) is 0.449. The lowest BCUT2D eigenvalue weighted by Crippen LogP contribution is -2.51. The van der Waals surface area contributed by atoms with Crippen molar-refractivity contribution in [1.82, 2.24) is 10.2 Å². The highest BCUT2D eigenvalue weighted by atomic mass is 16.3. The van der Waals surface area contributed by atoms with Crippen LogP contribution in [0.25, 0.3) is 10.8 Å². The molecule has 3 amide bonds. The van der Waals surface area contributed by atoms with Gasteiger partial charge in [-0.05, 0) is 47.6 Å². The first kappa shape index (κ1) is 26.9. The Hall–Kier alpha value is -3.19. The number of likely N-dealkylation sites (tertiary alicyclic amines) is 1. The topological polar surface area (TPSA) is 98.7 Å². The van der Waals surface area contributed by atoms with E-state index in [1.54, 1.807) is 11.9 Å². The number of benzene rings is 2. The first-order valence-corrected chi connectivity index (χ1v) is 13.4. The van der Waals surface area contributed by atoms with Crippen LogP contribution in [0.5, 0.6) is 0 Å². The van der Waals surface area contributed by atoms with Gasteiger partial charge in [0.05, 0.1) is 24.5 Å². The van der Waals surface area contributed by atoms with Gasteiger partial charge in [-0.1, -0.05) is 69.7 Å². The third-order valence-electron chi connectivity index (χ3n) is 7.85. The predicted molar refractivity (Wildman–Crippen MR) is 146 cm³/mol. The molecule has 1 heterocycles. The van der Waals surface area contributed by atoms with Gasteiger partial charge in [0.2, 0.25) is 17.7 Å². The van der Waals surface area contributed by atoms with Gasteiger partial charge in [-0.3, -0.25) is 14.4 Å². The summed E-state index contributed by atoms with van der Waals surface area (Å²) in [5.74, 6) is -2.19. The predicted octanol–water partition coefficient (Wildman–Crippen LogP) is 3.98. The lowest BCUT2D eigenvalue weighted by atomic mass is 9.68. The van der Waals surface area contributed by atoms with Crippen molar-refractivity contribution in [3.05, 3.63) is 54.6 Å². The second-order valence-corrected chi connectivity index (χ2v) is 10.8. The lowest BCUT2D eigenvalue weighted by Gasteiger charge is -2.34. The van der Waals surface area contributed by atoms with Crippen LogP contribution in [0.1, 0.15) is 40.0 Å². The Kier molecular flexibility index (Phi) is 8.32. The molecule has 0 unspecified atom stereocenters. The molecule has 7 heteroatoms. The SMILES string of the molecule is CCC[C@@H]1C=C[C@H]2[C@@H](C(=O)N([C@@H](CO)CC(C)C)[C@@H]2C(=O)Nc2ccc3ccccc3c2)[C@@H]1C(=O)NC. The van der Waals surface area contributed by atoms with Crippen molar-refractivity contribution in [2.24, 2.45) is 29.6 Å². The van der Waals surface area contributed by atoms with E-state index in [1.165, 1.54) is 0 Å². The van der Waals surface area contributed by atoms with Crippen LogP contribution >= 0.6 is 0 Å². The zero-order valence-electron chi connectivity index (χ0n) is 22.2. The number of hydrogen-bond donors (Lipinski definition) is 3. The van der Waals surface area contributed by atoms with Gasteiger partial charge in [0.15, 0.2) is 0 Å². The fraction of sp³-hybridized carbons (Fsp3) is 0.500. The van der Waals surface area contributed by atoms with Crippen LogP contribution in [0.2, 0.25) is 0 Å². The van der Waals surface area contributed by atoms with Crippen molar-refractivity contribution in [3.63, 3.8) is 0 Å². The molecular weight excluding hydrogens is 466 g/mol. The maximum absolute atomic E-state index is 14.1. The number of aliphatic hydroxyl groups is 1. The van der Waals surface area contributed by atoms with Crippen molar-refractivity contribution in [2.75, 3.05) is 19.0 Å². The molecule has 7 nitrogen and oxygen atoms in total. The molecule has 2 aromatic rings. The lowest BCUT2D eigenvalue weighted by molar-refractivity contribution is -0.143. The fourth-order valence-corrected chi connectivity index (χ4v) is 6.28. The summed E-state index contributed by atoms with van der Waals surface area (Å²) in [5.41, 5.74) is 0.649. The second-order valence-electron chi connectivity index (χ2n) is 10.8. The summed E-state index contributed by atoms with van der Waals surface area (Å²) >= 11 is 0. The Morgan fingerprint density at radius 3 is 2.43 bits per heavy atom. The molecule has 2 aromatic carbocycles. The molecule has 0 saturated carbocycles. The van der Waals surface area contributed by atoms with Crippen LogP contribution in [0, 0.1) is 29.6 Å². The molecule has 2 aliphatic rings. The number of allylic oxidation sites excluding steroid dienone is 1. The molecule has 0 aromatic heterocycles. The van der Waals surface area contributed by atoms with Crippen LogP contribution in [0.3, 0.4) is 0 Å². The van der Waals surface area contributed by atoms with E-state index in [2.05, 4.69) is 17.6 Å². The average Bonchev–Trinajstić information content (AvgIpc) is 3.19. The Balaban J connectivity index is 1.74. The molecule has 0 bridgehead atoms. The normalized spacial score (nSPS) is 25.8. The summed E-state index contributed by atoms with van der Waals surface area (Å²) in [4.78, 5) is 42.6. The molecule has 1 fully saturated rings. The van der Waals surface area contributed by atoms with Gasteiger partial charge < -0.3 is 20.6 Å². The fourth-order valence-electron chi connectivity index (χ4n) is 6.28. The van der Waals surface area contributed by atoms with E-state index >= 15 is 0 Å². The molecule has 6 atom stereocenters. The summed E-state index contributed by atoms with van der Waals surface area (Å²) < 4.78 is 0. The van der Waals surface area contributed by atoms with E-state index in [4.69, 9.17) is 0 Å². The third kappa shape index (κ3) is 5.28. The molecule has 4 rings (SSSR count). The van der Waals surface area contributed by atoms with Crippen molar-refractivity contribution in [1.29, 1.82) is 0 Å². The molecule has 1 saturated heterocycles. The van der Waals surface area contributed by atoms with E-state index in [0.717, 1.165) is 23.6 Å². The minimum Gasteiger partial charge on any atom is -0.394 e. The third-order valence-corrected chi connectivity index (χ3v) is 7.85. The van der Waals surface area contributed by atoms with E-state index in [9.17, 15) is 19.5 Å². The number of amides is 3.